The van der Waals surface area contributed by atoms with Crippen molar-refractivity contribution in [1.29, 1.82) is 0 Å². The van der Waals surface area contributed by atoms with Gasteiger partial charge in [-0.1, -0.05) is 39.0 Å². The molecule has 2 aliphatic rings. The van der Waals surface area contributed by atoms with E-state index in [1.54, 1.807) is 0 Å². The summed E-state index contributed by atoms with van der Waals surface area (Å²) >= 11 is 0. The van der Waals surface area contributed by atoms with Crippen molar-refractivity contribution in [3.63, 3.8) is 0 Å². The van der Waals surface area contributed by atoms with E-state index >= 15 is 0 Å². The van der Waals surface area contributed by atoms with Crippen LogP contribution in [0.15, 0.2) is 23.8 Å². The molecular formula is C25H40O5. The second kappa shape index (κ2) is 10.7. The average molecular weight is 421 g/mol. The van der Waals surface area contributed by atoms with E-state index < -0.39 is 17.6 Å². The Labute approximate surface area is 181 Å². The number of aliphatic hydroxyl groups excluding tert-OH is 2. The summed E-state index contributed by atoms with van der Waals surface area (Å²) in [5, 5.41) is 20.2. The number of esters is 1. The lowest BCUT2D eigenvalue weighted by atomic mass is 9.65. The van der Waals surface area contributed by atoms with Gasteiger partial charge in [0.1, 0.15) is 12.4 Å². The normalized spacial score (nSPS) is 30.8. The molecule has 0 aliphatic heterocycles. The maximum atomic E-state index is 12.8. The number of carbonyl (C=O) groups is 2. The summed E-state index contributed by atoms with van der Waals surface area (Å²) in [6, 6.07) is 0. The summed E-state index contributed by atoms with van der Waals surface area (Å²) in [5.74, 6) is 0.912. The topological polar surface area (TPSA) is 83.8 Å². The quantitative estimate of drug-likeness (QED) is 0.408. The van der Waals surface area contributed by atoms with E-state index in [9.17, 15) is 19.8 Å². The predicted molar refractivity (Wildman–Crippen MR) is 118 cm³/mol. The largest absolute Gasteiger partial charge is 0.461 e. The summed E-state index contributed by atoms with van der Waals surface area (Å²) in [6.45, 7) is 10.2. The lowest BCUT2D eigenvalue weighted by Crippen LogP contribution is -2.43. The maximum absolute atomic E-state index is 12.8. The van der Waals surface area contributed by atoms with Gasteiger partial charge >= 0.3 is 5.97 Å². The third-order valence-corrected chi connectivity index (χ3v) is 7.04. The van der Waals surface area contributed by atoms with E-state index in [-0.39, 0.29) is 36.8 Å². The third-order valence-electron chi connectivity index (χ3n) is 7.04. The van der Waals surface area contributed by atoms with E-state index in [4.69, 9.17) is 4.74 Å². The highest BCUT2D eigenvalue weighted by molar-refractivity contribution is 5.76. The molecule has 7 atom stereocenters. The fourth-order valence-corrected chi connectivity index (χ4v) is 4.69. The zero-order chi connectivity index (χ0) is 22.5. The monoisotopic (exact) mass is 420 g/mol. The molecule has 0 bridgehead atoms. The van der Waals surface area contributed by atoms with Gasteiger partial charge in [-0.3, -0.25) is 4.79 Å². The van der Waals surface area contributed by atoms with Crippen LogP contribution in [-0.2, 0) is 14.3 Å². The molecule has 0 fully saturated rings. The summed E-state index contributed by atoms with van der Waals surface area (Å²) in [5.41, 5.74) is 0.737. The zero-order valence-corrected chi connectivity index (χ0v) is 19.2. The molecule has 0 radical (unpaired) electrons. The van der Waals surface area contributed by atoms with Gasteiger partial charge in [-0.15, -0.1) is 0 Å². The van der Waals surface area contributed by atoms with Crippen LogP contribution in [0.4, 0.5) is 0 Å². The van der Waals surface area contributed by atoms with Crippen LogP contribution >= 0.6 is 0 Å². The fourth-order valence-electron chi connectivity index (χ4n) is 4.69. The zero-order valence-electron chi connectivity index (χ0n) is 19.2. The molecule has 2 rings (SSSR count). The van der Waals surface area contributed by atoms with Crippen molar-refractivity contribution in [2.24, 2.45) is 29.1 Å². The van der Waals surface area contributed by atoms with Crippen molar-refractivity contribution in [3.8, 4) is 0 Å². The number of rotatable bonds is 10. The van der Waals surface area contributed by atoms with Gasteiger partial charge in [-0.25, -0.2) is 0 Å². The Hall–Kier alpha value is -1.46. The molecule has 2 N–H and O–H groups in total. The SMILES string of the molecule is CCC(C)(C)C(=O)OC1CC(C)C=C2C=CC(C)C(CCC(O)CC(O)CC=O)C21. The molecule has 0 saturated heterocycles. The van der Waals surface area contributed by atoms with Crippen LogP contribution in [0.2, 0.25) is 0 Å². The first-order chi connectivity index (χ1) is 14.1. The molecule has 0 heterocycles. The number of hydrogen-bond acceptors (Lipinski definition) is 5. The highest BCUT2D eigenvalue weighted by atomic mass is 16.5. The van der Waals surface area contributed by atoms with Crippen LogP contribution in [0, 0.1) is 29.1 Å². The Balaban J connectivity index is 2.14. The molecule has 0 saturated carbocycles. The van der Waals surface area contributed by atoms with Gasteiger partial charge in [0.2, 0.25) is 0 Å². The lowest BCUT2D eigenvalue weighted by Gasteiger charge is -2.44. The van der Waals surface area contributed by atoms with Gasteiger partial charge in [-0.2, -0.15) is 0 Å². The Kier molecular flexibility index (Phi) is 8.86. The molecular weight excluding hydrogens is 380 g/mol. The molecule has 0 aromatic heterocycles. The number of allylic oxidation sites excluding steroid dienone is 3. The average Bonchev–Trinajstić information content (AvgIpc) is 2.67. The molecule has 170 valence electrons. The summed E-state index contributed by atoms with van der Waals surface area (Å²) < 4.78 is 6.11. The van der Waals surface area contributed by atoms with E-state index in [1.807, 2.05) is 20.8 Å². The van der Waals surface area contributed by atoms with E-state index in [0.717, 1.165) is 19.3 Å². The number of aldehydes is 1. The van der Waals surface area contributed by atoms with Crippen LogP contribution in [0.25, 0.3) is 0 Å². The lowest BCUT2D eigenvalue weighted by molar-refractivity contribution is -0.164. The van der Waals surface area contributed by atoms with Gasteiger partial charge in [-0.05, 0) is 69.3 Å². The minimum absolute atomic E-state index is 0.0538. The molecule has 30 heavy (non-hydrogen) atoms. The van der Waals surface area contributed by atoms with E-state index in [2.05, 4.69) is 32.1 Å². The molecule has 7 unspecified atom stereocenters. The first kappa shape index (κ1) is 24.8. The standard InChI is InChI=1S/C25H40O5/c1-6-25(4,5)24(29)30-22-14-16(2)13-18-8-7-17(3)21(23(18)22)10-9-19(27)15-20(28)11-12-26/h7-8,12-13,16-17,19-23,27-28H,6,9-11,14-15H2,1-5H3. The van der Waals surface area contributed by atoms with E-state index in [1.165, 1.54) is 5.57 Å². The molecule has 0 aromatic carbocycles. The number of ether oxygens (including phenoxy) is 1. The molecule has 0 amide bonds. The minimum Gasteiger partial charge on any atom is -0.461 e. The van der Waals surface area contributed by atoms with Crippen molar-refractivity contribution >= 4 is 12.3 Å². The number of carbonyl (C=O) groups excluding carboxylic acids is 2. The second-order valence-electron chi connectivity index (χ2n) is 9.99. The van der Waals surface area contributed by atoms with Crippen molar-refractivity contribution in [2.45, 2.75) is 91.5 Å². The van der Waals surface area contributed by atoms with Crippen molar-refractivity contribution in [3.05, 3.63) is 23.8 Å². The highest BCUT2D eigenvalue weighted by Crippen LogP contribution is 2.45. The van der Waals surface area contributed by atoms with Gasteiger partial charge in [0.25, 0.3) is 0 Å². The summed E-state index contributed by atoms with van der Waals surface area (Å²) in [4.78, 5) is 23.4. The second-order valence-corrected chi connectivity index (χ2v) is 9.99. The maximum Gasteiger partial charge on any atom is 0.311 e. The van der Waals surface area contributed by atoms with Crippen LogP contribution < -0.4 is 0 Å². The Morgan fingerprint density at radius 1 is 1.30 bits per heavy atom. The predicted octanol–water partition coefficient (Wildman–Crippen LogP) is 4.22. The highest BCUT2D eigenvalue weighted by Gasteiger charge is 2.42. The fraction of sp³-hybridized carbons (Fsp3) is 0.760. The van der Waals surface area contributed by atoms with E-state index in [0.29, 0.717) is 24.5 Å². The van der Waals surface area contributed by atoms with Gasteiger partial charge < -0.3 is 19.7 Å². The van der Waals surface area contributed by atoms with Crippen molar-refractivity contribution in [2.75, 3.05) is 0 Å². The van der Waals surface area contributed by atoms with Crippen LogP contribution in [0.3, 0.4) is 0 Å². The summed E-state index contributed by atoms with van der Waals surface area (Å²) in [6.07, 6.45) is 8.92. The molecule has 0 aromatic rings. The molecule has 5 nitrogen and oxygen atoms in total. The Morgan fingerprint density at radius 2 is 2.00 bits per heavy atom. The molecule has 0 spiro atoms. The molecule has 2 aliphatic carbocycles. The van der Waals surface area contributed by atoms with Crippen molar-refractivity contribution < 1.29 is 24.5 Å². The molecule has 5 heteroatoms. The first-order valence-corrected chi connectivity index (χ1v) is 11.5. The van der Waals surface area contributed by atoms with Gasteiger partial charge in [0.15, 0.2) is 0 Å². The van der Waals surface area contributed by atoms with Gasteiger partial charge in [0, 0.05) is 12.3 Å². The first-order valence-electron chi connectivity index (χ1n) is 11.5. The third kappa shape index (κ3) is 6.27. The Bertz CT molecular complexity index is 650. The van der Waals surface area contributed by atoms with Crippen molar-refractivity contribution in [1.82, 2.24) is 0 Å². The van der Waals surface area contributed by atoms with Crippen LogP contribution in [0.1, 0.15) is 73.1 Å². The van der Waals surface area contributed by atoms with Crippen LogP contribution in [0.5, 0.6) is 0 Å². The minimum atomic E-state index is -0.794. The summed E-state index contributed by atoms with van der Waals surface area (Å²) in [7, 11) is 0. The number of fused-ring (bicyclic) bond motifs is 1. The number of aliphatic hydroxyl groups is 2. The van der Waals surface area contributed by atoms with Crippen LogP contribution in [-0.4, -0.2) is 40.8 Å². The smallest absolute Gasteiger partial charge is 0.311 e. The Morgan fingerprint density at radius 3 is 2.63 bits per heavy atom. The number of hydrogen-bond donors (Lipinski definition) is 2. The van der Waals surface area contributed by atoms with Gasteiger partial charge in [0.05, 0.1) is 17.6 Å².